The summed E-state index contributed by atoms with van der Waals surface area (Å²) in [5.41, 5.74) is 0.211. The van der Waals surface area contributed by atoms with Crippen LogP contribution in [0.3, 0.4) is 0 Å². The number of halogens is 2. The lowest BCUT2D eigenvalue weighted by Crippen LogP contribution is -2.12. The van der Waals surface area contributed by atoms with Crippen LogP contribution < -0.4 is 5.14 Å². The van der Waals surface area contributed by atoms with Gasteiger partial charge in [-0.15, -0.1) is 0 Å². The second-order valence-corrected chi connectivity index (χ2v) is 5.63. The number of nitriles is 1. The maximum Gasteiger partial charge on any atom is 0.238 e. The fourth-order valence-electron chi connectivity index (χ4n) is 0.810. The molecule has 0 aromatic heterocycles. The highest BCUT2D eigenvalue weighted by molar-refractivity contribution is 9.13. The summed E-state index contributed by atoms with van der Waals surface area (Å²) >= 11 is 6.25. The number of benzene rings is 1. The van der Waals surface area contributed by atoms with Crippen molar-refractivity contribution in [2.75, 3.05) is 0 Å². The van der Waals surface area contributed by atoms with Gasteiger partial charge in [-0.05, 0) is 44.0 Å². The number of primary sulfonamides is 1. The lowest BCUT2D eigenvalue weighted by atomic mass is 10.2. The van der Waals surface area contributed by atoms with Crippen LogP contribution in [0.5, 0.6) is 0 Å². The Bertz CT molecular complexity index is 519. The summed E-state index contributed by atoms with van der Waals surface area (Å²) in [6.07, 6.45) is 0. The first-order chi connectivity index (χ1) is 6.36. The van der Waals surface area contributed by atoms with Crippen LogP contribution in [0.1, 0.15) is 5.56 Å². The fraction of sp³-hybridized carbons (Fsp3) is 0. The molecule has 14 heavy (non-hydrogen) atoms. The van der Waals surface area contributed by atoms with Crippen molar-refractivity contribution in [1.82, 2.24) is 0 Å². The second kappa shape index (κ2) is 3.98. The lowest BCUT2D eigenvalue weighted by molar-refractivity contribution is 0.597. The maximum absolute atomic E-state index is 11.0. The summed E-state index contributed by atoms with van der Waals surface area (Å²) in [5, 5.41) is 13.6. The molecule has 2 N–H and O–H groups in total. The molecule has 0 saturated carbocycles. The molecule has 1 aromatic rings. The van der Waals surface area contributed by atoms with Crippen molar-refractivity contribution in [1.29, 1.82) is 5.26 Å². The molecule has 0 heterocycles. The van der Waals surface area contributed by atoms with Crippen LogP contribution in [0.25, 0.3) is 0 Å². The summed E-state index contributed by atoms with van der Waals surface area (Å²) in [5.74, 6) is 0. The predicted octanol–water partition coefficient (Wildman–Crippen LogP) is 1.73. The third kappa shape index (κ3) is 2.33. The minimum absolute atomic E-state index is 0.0934. The number of sulfonamides is 1. The van der Waals surface area contributed by atoms with Gasteiger partial charge in [0.1, 0.15) is 6.07 Å². The van der Waals surface area contributed by atoms with E-state index in [-0.39, 0.29) is 10.5 Å². The third-order valence-electron chi connectivity index (χ3n) is 1.45. The van der Waals surface area contributed by atoms with E-state index in [4.69, 9.17) is 10.4 Å². The molecule has 0 fully saturated rings. The van der Waals surface area contributed by atoms with E-state index in [0.29, 0.717) is 8.95 Å². The van der Waals surface area contributed by atoms with E-state index in [9.17, 15) is 8.42 Å². The van der Waals surface area contributed by atoms with E-state index in [1.54, 1.807) is 0 Å². The molecule has 0 amide bonds. The Balaban J connectivity index is 3.56. The Kier molecular flexibility index (Phi) is 3.32. The summed E-state index contributed by atoms with van der Waals surface area (Å²) in [6.45, 7) is 0. The summed E-state index contributed by atoms with van der Waals surface area (Å²) < 4.78 is 23.0. The molecule has 0 radical (unpaired) electrons. The van der Waals surface area contributed by atoms with Gasteiger partial charge in [0.25, 0.3) is 0 Å². The first-order valence-electron chi connectivity index (χ1n) is 3.28. The Morgan fingerprint density at radius 2 is 1.93 bits per heavy atom. The SMILES string of the molecule is N#Cc1cc(S(N)(=O)=O)cc(Br)c1Br. The molecule has 0 spiro atoms. The second-order valence-electron chi connectivity index (χ2n) is 2.42. The van der Waals surface area contributed by atoms with E-state index in [0.717, 1.165) is 0 Å². The van der Waals surface area contributed by atoms with Crippen molar-refractivity contribution in [2.45, 2.75) is 4.90 Å². The van der Waals surface area contributed by atoms with Gasteiger partial charge >= 0.3 is 0 Å². The molecular weight excluding hydrogens is 336 g/mol. The molecule has 1 aromatic carbocycles. The smallest absolute Gasteiger partial charge is 0.225 e. The van der Waals surface area contributed by atoms with Crippen LogP contribution in [0, 0.1) is 11.3 Å². The van der Waals surface area contributed by atoms with Gasteiger partial charge in [-0.2, -0.15) is 5.26 Å². The molecule has 0 unspecified atom stereocenters. The number of hydrogen-bond acceptors (Lipinski definition) is 3. The van der Waals surface area contributed by atoms with Gasteiger partial charge in [-0.25, -0.2) is 13.6 Å². The van der Waals surface area contributed by atoms with Crippen LogP contribution in [-0.2, 0) is 10.0 Å². The van der Waals surface area contributed by atoms with Gasteiger partial charge in [0, 0.05) is 8.95 Å². The zero-order chi connectivity index (χ0) is 10.9. The third-order valence-corrected chi connectivity index (χ3v) is 4.36. The summed E-state index contributed by atoms with van der Waals surface area (Å²) in [4.78, 5) is -0.0934. The van der Waals surface area contributed by atoms with Crippen LogP contribution in [-0.4, -0.2) is 8.42 Å². The summed E-state index contributed by atoms with van der Waals surface area (Å²) in [6, 6.07) is 4.40. The average Bonchev–Trinajstić information content (AvgIpc) is 2.07. The van der Waals surface area contributed by atoms with Crippen LogP contribution in [0.4, 0.5) is 0 Å². The number of nitrogens with two attached hydrogens (primary N) is 1. The minimum atomic E-state index is -3.78. The van der Waals surface area contributed by atoms with Crippen molar-refractivity contribution in [2.24, 2.45) is 5.14 Å². The van der Waals surface area contributed by atoms with Gasteiger partial charge in [-0.1, -0.05) is 0 Å². The topological polar surface area (TPSA) is 83.9 Å². The molecule has 0 aliphatic rings. The van der Waals surface area contributed by atoms with Gasteiger partial charge in [0.2, 0.25) is 10.0 Å². The minimum Gasteiger partial charge on any atom is -0.225 e. The van der Waals surface area contributed by atoms with Crippen molar-refractivity contribution >= 4 is 41.9 Å². The maximum atomic E-state index is 11.0. The largest absolute Gasteiger partial charge is 0.238 e. The Morgan fingerprint density at radius 1 is 1.36 bits per heavy atom. The fourth-order valence-corrected chi connectivity index (χ4v) is 2.30. The summed E-state index contributed by atoms with van der Waals surface area (Å²) in [7, 11) is -3.78. The highest BCUT2D eigenvalue weighted by Crippen LogP contribution is 2.29. The van der Waals surface area contributed by atoms with Crippen molar-refractivity contribution in [3.05, 3.63) is 26.6 Å². The zero-order valence-electron chi connectivity index (χ0n) is 6.66. The number of nitrogens with zero attached hydrogens (tertiary/aromatic N) is 1. The first kappa shape index (κ1) is 11.7. The highest BCUT2D eigenvalue weighted by Gasteiger charge is 2.13. The molecule has 0 atom stereocenters. The molecule has 0 aliphatic carbocycles. The van der Waals surface area contributed by atoms with Gasteiger partial charge < -0.3 is 0 Å². The lowest BCUT2D eigenvalue weighted by Gasteiger charge is -2.02. The van der Waals surface area contributed by atoms with Crippen molar-refractivity contribution in [3.63, 3.8) is 0 Å². The molecule has 74 valence electrons. The Labute approximate surface area is 98.0 Å². The van der Waals surface area contributed by atoms with Crippen LogP contribution in [0.15, 0.2) is 26.0 Å². The monoisotopic (exact) mass is 338 g/mol. The normalized spacial score (nSPS) is 11.0. The zero-order valence-corrected chi connectivity index (χ0v) is 10.6. The molecule has 4 nitrogen and oxygen atoms in total. The Morgan fingerprint density at radius 3 is 2.36 bits per heavy atom. The van der Waals surface area contributed by atoms with Gasteiger partial charge in [0.05, 0.1) is 10.5 Å². The van der Waals surface area contributed by atoms with E-state index in [1.807, 2.05) is 6.07 Å². The van der Waals surface area contributed by atoms with E-state index < -0.39 is 10.0 Å². The average molecular weight is 340 g/mol. The highest BCUT2D eigenvalue weighted by atomic mass is 79.9. The first-order valence-corrected chi connectivity index (χ1v) is 6.41. The van der Waals surface area contributed by atoms with E-state index in [1.165, 1.54) is 12.1 Å². The predicted molar refractivity (Wildman–Crippen MR) is 57.9 cm³/mol. The van der Waals surface area contributed by atoms with Crippen LogP contribution in [0.2, 0.25) is 0 Å². The molecular formula is C7H4Br2N2O2S. The van der Waals surface area contributed by atoms with Crippen molar-refractivity contribution < 1.29 is 8.42 Å². The quantitative estimate of drug-likeness (QED) is 0.845. The van der Waals surface area contributed by atoms with E-state index in [2.05, 4.69) is 31.9 Å². The van der Waals surface area contributed by atoms with Gasteiger partial charge in [-0.3, -0.25) is 0 Å². The van der Waals surface area contributed by atoms with Crippen molar-refractivity contribution in [3.8, 4) is 6.07 Å². The number of rotatable bonds is 1. The standard InChI is InChI=1S/C7H4Br2N2O2S/c8-6-2-5(14(11,12)13)1-4(3-10)7(6)9/h1-2H,(H2,11,12,13). The Hall–Kier alpha value is -0.420. The van der Waals surface area contributed by atoms with Gasteiger partial charge in [0.15, 0.2) is 0 Å². The molecule has 7 heteroatoms. The number of hydrogen-bond donors (Lipinski definition) is 1. The van der Waals surface area contributed by atoms with Crippen LogP contribution >= 0.6 is 31.9 Å². The molecule has 1 rings (SSSR count). The molecule has 0 saturated heterocycles. The van der Waals surface area contributed by atoms with E-state index >= 15 is 0 Å². The molecule has 0 aliphatic heterocycles. The molecule has 0 bridgehead atoms.